The lowest BCUT2D eigenvalue weighted by molar-refractivity contribution is 0.415. The maximum atomic E-state index is 11.7. The average molecular weight is 345 g/mol. The third-order valence-corrected chi connectivity index (χ3v) is 5.24. The zero-order valence-corrected chi connectivity index (χ0v) is 14.1. The van der Waals surface area contributed by atoms with Crippen LogP contribution in [-0.2, 0) is 16.6 Å². The second-order valence-corrected chi connectivity index (χ2v) is 7.52. The lowest BCUT2D eigenvalue weighted by Gasteiger charge is -2.10. The van der Waals surface area contributed by atoms with Crippen LogP contribution in [0.15, 0.2) is 24.4 Å². The second kappa shape index (κ2) is 6.64. The van der Waals surface area contributed by atoms with Gasteiger partial charge >= 0.3 is 0 Å². The summed E-state index contributed by atoms with van der Waals surface area (Å²) in [7, 11) is 1.28. The Morgan fingerprint density at radius 3 is 2.73 bits per heavy atom. The van der Waals surface area contributed by atoms with Gasteiger partial charge in [0.2, 0.25) is 10.0 Å². The molecule has 0 unspecified atom stereocenters. The minimum Gasteiger partial charge on any atom is -0.495 e. The number of rotatable bonds is 6. The largest absolute Gasteiger partial charge is 0.495 e. The van der Waals surface area contributed by atoms with Crippen LogP contribution in [0.4, 0.5) is 0 Å². The quantitative estimate of drug-likeness (QED) is 0.793. The normalized spacial score (nSPS) is 11.9. The van der Waals surface area contributed by atoms with Crippen molar-refractivity contribution in [2.45, 2.75) is 6.54 Å². The van der Waals surface area contributed by atoms with Crippen LogP contribution in [-0.4, -0.2) is 54.7 Å². The molecule has 0 radical (unpaired) electrons. The number of ether oxygens (including phenoxy) is 1. The Morgan fingerprint density at radius 1 is 1.36 bits per heavy atom. The van der Waals surface area contributed by atoms with E-state index in [4.69, 9.17) is 16.3 Å². The van der Waals surface area contributed by atoms with Gasteiger partial charge in [-0.25, -0.2) is 12.7 Å². The van der Waals surface area contributed by atoms with Crippen molar-refractivity contribution in [3.63, 3.8) is 0 Å². The van der Waals surface area contributed by atoms with Gasteiger partial charge in [-0.2, -0.15) is 0 Å². The van der Waals surface area contributed by atoms with Crippen molar-refractivity contribution in [3.05, 3.63) is 29.4 Å². The van der Waals surface area contributed by atoms with Crippen LogP contribution in [0.2, 0.25) is 5.02 Å². The summed E-state index contributed by atoms with van der Waals surface area (Å²) in [6.45, 7) is 0.234. The van der Waals surface area contributed by atoms with Crippen LogP contribution in [0, 0.1) is 0 Å². The smallest absolute Gasteiger partial charge is 0.215 e. The second-order valence-electron chi connectivity index (χ2n) is 4.81. The Labute approximate surface area is 134 Å². The standard InChI is InChI=1S/C13H17ClN4O3S/c1-17(2)22(19,20)7-6-18-9-12(15-16-18)10-4-5-11(14)13(8-10)21-3/h4-5,8-9H,6-7H2,1-3H3. The van der Waals surface area contributed by atoms with Crippen molar-refractivity contribution in [2.24, 2.45) is 0 Å². The summed E-state index contributed by atoms with van der Waals surface area (Å²) in [5, 5.41) is 8.50. The Bertz CT molecular complexity index is 758. The summed E-state index contributed by atoms with van der Waals surface area (Å²) in [5.41, 5.74) is 1.42. The van der Waals surface area contributed by atoms with E-state index in [0.29, 0.717) is 16.5 Å². The van der Waals surface area contributed by atoms with E-state index < -0.39 is 10.0 Å². The molecule has 0 amide bonds. The lowest BCUT2D eigenvalue weighted by atomic mass is 10.1. The highest BCUT2D eigenvalue weighted by molar-refractivity contribution is 7.89. The third kappa shape index (κ3) is 3.76. The molecule has 0 fully saturated rings. The van der Waals surface area contributed by atoms with Gasteiger partial charge < -0.3 is 4.74 Å². The first kappa shape index (κ1) is 16.7. The summed E-state index contributed by atoms with van der Waals surface area (Å²) in [6.07, 6.45) is 1.69. The highest BCUT2D eigenvalue weighted by Crippen LogP contribution is 2.29. The van der Waals surface area contributed by atoms with Crippen LogP contribution in [0.1, 0.15) is 0 Å². The maximum absolute atomic E-state index is 11.7. The Hall–Kier alpha value is -1.64. The van der Waals surface area contributed by atoms with Crippen molar-refractivity contribution < 1.29 is 13.2 Å². The fourth-order valence-electron chi connectivity index (χ4n) is 1.75. The fraction of sp³-hybridized carbons (Fsp3) is 0.385. The van der Waals surface area contributed by atoms with E-state index in [9.17, 15) is 8.42 Å². The van der Waals surface area contributed by atoms with E-state index >= 15 is 0 Å². The summed E-state index contributed by atoms with van der Waals surface area (Å²) >= 11 is 5.98. The molecular formula is C13H17ClN4O3S. The Kier molecular flexibility index (Phi) is 5.05. The zero-order chi connectivity index (χ0) is 16.3. The molecule has 22 heavy (non-hydrogen) atoms. The van der Waals surface area contributed by atoms with Gasteiger partial charge in [-0.1, -0.05) is 22.9 Å². The molecule has 0 aliphatic rings. The van der Waals surface area contributed by atoms with Crippen molar-refractivity contribution in [3.8, 4) is 17.0 Å². The number of aryl methyl sites for hydroxylation is 1. The summed E-state index contributed by atoms with van der Waals surface area (Å²) in [6, 6.07) is 5.27. The number of sulfonamides is 1. The van der Waals surface area contributed by atoms with Gasteiger partial charge in [0.15, 0.2) is 0 Å². The molecule has 2 aromatic rings. The highest BCUT2D eigenvalue weighted by Gasteiger charge is 2.14. The van der Waals surface area contributed by atoms with Crippen molar-refractivity contribution in [2.75, 3.05) is 27.0 Å². The predicted octanol–water partition coefficient (Wildman–Crippen LogP) is 1.50. The molecule has 0 bridgehead atoms. The number of halogens is 1. The molecule has 9 heteroatoms. The fourth-order valence-corrected chi connectivity index (χ4v) is 2.73. The van der Waals surface area contributed by atoms with Gasteiger partial charge in [0.1, 0.15) is 11.4 Å². The topological polar surface area (TPSA) is 77.3 Å². The van der Waals surface area contributed by atoms with E-state index in [1.165, 1.54) is 30.2 Å². The van der Waals surface area contributed by atoms with E-state index in [1.54, 1.807) is 24.4 Å². The highest BCUT2D eigenvalue weighted by atomic mass is 35.5. The van der Waals surface area contributed by atoms with Gasteiger partial charge in [0.05, 0.1) is 30.6 Å². The molecule has 7 nitrogen and oxygen atoms in total. The first-order valence-electron chi connectivity index (χ1n) is 6.48. The van der Waals surface area contributed by atoms with E-state index in [2.05, 4.69) is 10.3 Å². The molecule has 0 saturated heterocycles. The minimum atomic E-state index is -3.26. The molecule has 0 saturated carbocycles. The molecule has 1 aromatic carbocycles. The van der Waals surface area contributed by atoms with Crippen LogP contribution in [0.25, 0.3) is 11.3 Å². The first-order chi connectivity index (χ1) is 10.3. The SMILES string of the molecule is COc1cc(-c2cn(CCS(=O)(=O)N(C)C)nn2)ccc1Cl. The number of hydrogen-bond acceptors (Lipinski definition) is 5. The van der Waals surface area contributed by atoms with Crippen molar-refractivity contribution >= 4 is 21.6 Å². The molecule has 0 atom stereocenters. The molecule has 1 heterocycles. The number of aromatic nitrogens is 3. The van der Waals surface area contributed by atoms with E-state index in [0.717, 1.165) is 5.56 Å². The van der Waals surface area contributed by atoms with Crippen molar-refractivity contribution in [1.82, 2.24) is 19.3 Å². The van der Waals surface area contributed by atoms with Crippen LogP contribution >= 0.6 is 11.6 Å². The summed E-state index contributed by atoms with van der Waals surface area (Å²) in [4.78, 5) is 0. The maximum Gasteiger partial charge on any atom is 0.215 e. The monoisotopic (exact) mass is 344 g/mol. The van der Waals surface area contributed by atoms with Gasteiger partial charge in [-0.15, -0.1) is 5.10 Å². The molecule has 0 aliphatic carbocycles. The Morgan fingerprint density at radius 2 is 2.09 bits per heavy atom. The van der Waals surface area contributed by atoms with Crippen LogP contribution in [0.5, 0.6) is 5.75 Å². The third-order valence-electron chi connectivity index (χ3n) is 3.12. The molecule has 0 N–H and O–H groups in total. The number of hydrogen-bond donors (Lipinski definition) is 0. The molecular weight excluding hydrogens is 328 g/mol. The zero-order valence-electron chi connectivity index (χ0n) is 12.5. The van der Waals surface area contributed by atoms with Gasteiger partial charge in [0, 0.05) is 19.7 Å². The van der Waals surface area contributed by atoms with Gasteiger partial charge in [0.25, 0.3) is 0 Å². The molecule has 0 spiro atoms. The number of methoxy groups -OCH3 is 1. The molecule has 1 aromatic heterocycles. The molecule has 120 valence electrons. The summed E-state index contributed by atoms with van der Waals surface area (Å²) in [5.74, 6) is 0.510. The van der Waals surface area contributed by atoms with Crippen LogP contribution in [0.3, 0.4) is 0 Å². The summed E-state index contributed by atoms with van der Waals surface area (Å²) < 4.78 is 31.3. The number of benzene rings is 1. The van der Waals surface area contributed by atoms with E-state index in [-0.39, 0.29) is 12.3 Å². The average Bonchev–Trinajstić information content (AvgIpc) is 2.94. The molecule has 0 aliphatic heterocycles. The van der Waals surface area contributed by atoms with Gasteiger partial charge in [-0.3, -0.25) is 4.68 Å². The van der Waals surface area contributed by atoms with E-state index in [1.807, 2.05) is 0 Å². The van der Waals surface area contributed by atoms with Crippen molar-refractivity contribution in [1.29, 1.82) is 0 Å². The molecule has 2 rings (SSSR count). The Balaban J connectivity index is 2.15. The minimum absolute atomic E-state index is 0.0350. The van der Waals surface area contributed by atoms with Gasteiger partial charge in [-0.05, 0) is 12.1 Å². The lowest BCUT2D eigenvalue weighted by Crippen LogP contribution is -2.27. The van der Waals surface area contributed by atoms with Crippen LogP contribution < -0.4 is 4.74 Å². The number of nitrogens with zero attached hydrogens (tertiary/aromatic N) is 4. The predicted molar refractivity (Wildman–Crippen MR) is 84.5 cm³/mol. The first-order valence-corrected chi connectivity index (χ1v) is 8.46.